The number of rotatable bonds is 6. The molecular formula is C20H30IN5OS. The molecule has 1 atom stereocenters. The Morgan fingerprint density at radius 3 is 2.86 bits per heavy atom. The Morgan fingerprint density at radius 1 is 1.39 bits per heavy atom. The Kier molecular flexibility index (Phi) is 8.81. The Bertz CT molecular complexity index is 779. The van der Waals surface area contributed by atoms with Crippen LogP contribution in [0.2, 0.25) is 0 Å². The van der Waals surface area contributed by atoms with Gasteiger partial charge in [0.1, 0.15) is 5.75 Å². The zero-order chi connectivity index (χ0) is 19.2. The summed E-state index contributed by atoms with van der Waals surface area (Å²) in [5.41, 5.74) is 2.21. The number of aromatic nitrogens is 1. The van der Waals surface area contributed by atoms with Gasteiger partial charge < -0.3 is 20.3 Å². The zero-order valence-corrected chi connectivity index (χ0v) is 20.1. The van der Waals surface area contributed by atoms with Crippen LogP contribution in [0.25, 0.3) is 0 Å². The monoisotopic (exact) mass is 515 g/mol. The maximum atomic E-state index is 5.50. The SMILES string of the molecule is CN=C(NCc1csc(C(C)C)n1)NC1CCN(c2ccccc2OC)C1.I. The summed E-state index contributed by atoms with van der Waals surface area (Å²) in [6, 6.07) is 8.53. The molecule has 28 heavy (non-hydrogen) atoms. The van der Waals surface area contributed by atoms with Gasteiger partial charge in [-0.3, -0.25) is 4.99 Å². The van der Waals surface area contributed by atoms with Crippen LogP contribution in [-0.4, -0.2) is 44.2 Å². The first-order valence-corrected chi connectivity index (χ1v) is 10.3. The second-order valence-electron chi connectivity index (χ2n) is 7.01. The molecule has 1 unspecified atom stereocenters. The van der Waals surface area contributed by atoms with Gasteiger partial charge in [0.2, 0.25) is 0 Å². The molecule has 8 heteroatoms. The highest BCUT2D eigenvalue weighted by Crippen LogP contribution is 2.30. The third kappa shape index (κ3) is 5.73. The number of hydrogen-bond donors (Lipinski definition) is 2. The fourth-order valence-electron chi connectivity index (χ4n) is 3.22. The highest BCUT2D eigenvalue weighted by atomic mass is 127. The number of guanidine groups is 1. The Balaban J connectivity index is 0.00000280. The number of aliphatic imine (C=N–C) groups is 1. The van der Waals surface area contributed by atoms with Crippen LogP contribution in [-0.2, 0) is 6.54 Å². The standard InChI is InChI=1S/C20H29N5OS.HI/c1-14(2)19-23-16(13-27-19)11-22-20(21-3)24-15-9-10-25(12-15)17-7-5-6-8-18(17)26-4;/h5-8,13-15H,9-12H2,1-4H3,(H2,21,22,24);1H. The van der Waals surface area contributed by atoms with Crippen molar-refractivity contribution in [2.45, 2.75) is 38.8 Å². The van der Waals surface area contributed by atoms with E-state index in [1.54, 1.807) is 18.4 Å². The van der Waals surface area contributed by atoms with Gasteiger partial charge in [0.15, 0.2) is 5.96 Å². The number of nitrogens with one attached hydrogen (secondary N) is 2. The number of anilines is 1. The predicted octanol–water partition coefficient (Wildman–Crippen LogP) is 3.84. The summed E-state index contributed by atoms with van der Waals surface area (Å²) in [6.07, 6.45) is 1.06. The van der Waals surface area contributed by atoms with E-state index < -0.39 is 0 Å². The van der Waals surface area contributed by atoms with E-state index in [0.29, 0.717) is 18.5 Å². The summed E-state index contributed by atoms with van der Waals surface area (Å²) in [5.74, 6) is 2.21. The minimum absolute atomic E-state index is 0. The number of ether oxygens (including phenoxy) is 1. The Labute approximate surface area is 188 Å². The Morgan fingerprint density at radius 2 is 2.18 bits per heavy atom. The van der Waals surface area contributed by atoms with Crippen molar-refractivity contribution >= 4 is 47.0 Å². The number of nitrogens with zero attached hydrogens (tertiary/aromatic N) is 3. The van der Waals surface area contributed by atoms with Crippen LogP contribution >= 0.6 is 35.3 Å². The van der Waals surface area contributed by atoms with Crippen LogP contribution in [0.1, 0.15) is 36.9 Å². The average Bonchev–Trinajstić information content (AvgIpc) is 3.34. The van der Waals surface area contributed by atoms with E-state index in [-0.39, 0.29) is 24.0 Å². The topological polar surface area (TPSA) is 61.8 Å². The van der Waals surface area contributed by atoms with Crippen molar-refractivity contribution in [1.82, 2.24) is 15.6 Å². The molecule has 1 saturated heterocycles. The number of para-hydroxylation sites is 2. The van der Waals surface area contributed by atoms with Crippen molar-refractivity contribution in [2.24, 2.45) is 4.99 Å². The first-order chi connectivity index (χ1) is 13.1. The van der Waals surface area contributed by atoms with Gasteiger partial charge in [-0.15, -0.1) is 35.3 Å². The third-order valence-corrected chi connectivity index (χ3v) is 5.87. The molecular weight excluding hydrogens is 485 g/mol. The molecule has 6 nitrogen and oxygen atoms in total. The van der Waals surface area contributed by atoms with Gasteiger partial charge in [0, 0.05) is 37.5 Å². The maximum Gasteiger partial charge on any atom is 0.191 e. The van der Waals surface area contributed by atoms with E-state index >= 15 is 0 Å². The van der Waals surface area contributed by atoms with Crippen LogP contribution in [0.3, 0.4) is 0 Å². The molecule has 0 aliphatic carbocycles. The molecule has 1 fully saturated rings. The van der Waals surface area contributed by atoms with Crippen LogP contribution in [0.5, 0.6) is 5.75 Å². The predicted molar refractivity (Wildman–Crippen MR) is 129 cm³/mol. The van der Waals surface area contributed by atoms with E-state index in [1.165, 1.54) is 5.01 Å². The van der Waals surface area contributed by atoms with Gasteiger partial charge in [0.05, 0.1) is 30.0 Å². The van der Waals surface area contributed by atoms with Crippen molar-refractivity contribution in [3.05, 3.63) is 40.3 Å². The molecule has 0 saturated carbocycles. The lowest BCUT2D eigenvalue weighted by molar-refractivity contribution is 0.415. The summed E-state index contributed by atoms with van der Waals surface area (Å²) in [5, 5.41) is 10.2. The van der Waals surface area contributed by atoms with Crippen molar-refractivity contribution in [1.29, 1.82) is 0 Å². The molecule has 0 spiro atoms. The van der Waals surface area contributed by atoms with Gasteiger partial charge >= 0.3 is 0 Å². The molecule has 0 bridgehead atoms. The first kappa shape index (κ1) is 22.7. The van der Waals surface area contributed by atoms with Crippen molar-refractivity contribution < 1.29 is 4.74 Å². The third-order valence-electron chi connectivity index (χ3n) is 4.68. The van der Waals surface area contributed by atoms with Crippen LogP contribution in [0.4, 0.5) is 5.69 Å². The van der Waals surface area contributed by atoms with Crippen molar-refractivity contribution in [3.63, 3.8) is 0 Å². The maximum absolute atomic E-state index is 5.50. The normalized spacial score (nSPS) is 16.8. The second kappa shape index (κ2) is 10.8. The van der Waals surface area contributed by atoms with E-state index in [9.17, 15) is 0 Å². The summed E-state index contributed by atoms with van der Waals surface area (Å²) in [4.78, 5) is 11.4. The van der Waals surface area contributed by atoms with E-state index in [1.807, 2.05) is 19.2 Å². The van der Waals surface area contributed by atoms with E-state index in [2.05, 4.69) is 56.9 Å². The van der Waals surface area contributed by atoms with Crippen molar-refractivity contribution in [2.75, 3.05) is 32.1 Å². The molecule has 1 aliphatic heterocycles. The number of methoxy groups -OCH3 is 1. The highest BCUT2D eigenvalue weighted by molar-refractivity contribution is 14.0. The zero-order valence-electron chi connectivity index (χ0n) is 16.9. The second-order valence-corrected chi connectivity index (χ2v) is 7.90. The number of halogens is 1. The van der Waals surface area contributed by atoms with Crippen LogP contribution in [0, 0.1) is 0 Å². The smallest absolute Gasteiger partial charge is 0.191 e. The lowest BCUT2D eigenvalue weighted by Crippen LogP contribution is -2.44. The van der Waals surface area contributed by atoms with Crippen molar-refractivity contribution in [3.8, 4) is 5.75 Å². The fraction of sp³-hybridized carbons (Fsp3) is 0.500. The van der Waals surface area contributed by atoms with Crippen LogP contribution < -0.4 is 20.3 Å². The number of hydrogen-bond acceptors (Lipinski definition) is 5. The molecule has 2 aromatic rings. The quantitative estimate of drug-likeness (QED) is 0.348. The largest absolute Gasteiger partial charge is 0.495 e. The summed E-state index contributed by atoms with van der Waals surface area (Å²) < 4.78 is 5.50. The van der Waals surface area contributed by atoms with Gasteiger partial charge in [-0.05, 0) is 18.6 Å². The summed E-state index contributed by atoms with van der Waals surface area (Å²) in [6.45, 7) is 6.95. The molecule has 2 N–H and O–H groups in total. The van der Waals surface area contributed by atoms with Gasteiger partial charge in [-0.2, -0.15) is 0 Å². The van der Waals surface area contributed by atoms with Gasteiger partial charge in [0.25, 0.3) is 0 Å². The average molecular weight is 515 g/mol. The van der Waals surface area contributed by atoms with E-state index in [0.717, 1.165) is 42.6 Å². The van der Waals surface area contributed by atoms with Gasteiger partial charge in [-0.25, -0.2) is 4.98 Å². The number of thiazole rings is 1. The molecule has 0 amide bonds. The molecule has 1 aromatic heterocycles. The summed E-state index contributed by atoms with van der Waals surface area (Å²) >= 11 is 1.72. The highest BCUT2D eigenvalue weighted by Gasteiger charge is 2.25. The minimum Gasteiger partial charge on any atom is -0.495 e. The van der Waals surface area contributed by atoms with Gasteiger partial charge in [-0.1, -0.05) is 26.0 Å². The molecule has 0 radical (unpaired) electrons. The molecule has 1 aromatic carbocycles. The molecule has 3 rings (SSSR count). The lowest BCUT2D eigenvalue weighted by atomic mass is 10.2. The minimum atomic E-state index is 0. The van der Waals surface area contributed by atoms with E-state index in [4.69, 9.17) is 4.74 Å². The van der Waals surface area contributed by atoms with Crippen LogP contribution in [0.15, 0.2) is 34.6 Å². The first-order valence-electron chi connectivity index (χ1n) is 9.40. The molecule has 1 aliphatic rings. The lowest BCUT2D eigenvalue weighted by Gasteiger charge is -2.22. The molecule has 154 valence electrons. The number of benzene rings is 1. The fourth-order valence-corrected chi connectivity index (χ4v) is 4.05. The summed E-state index contributed by atoms with van der Waals surface area (Å²) in [7, 11) is 3.53. The Hall–Kier alpha value is -1.55. The molecule has 2 heterocycles.